The van der Waals surface area contributed by atoms with Gasteiger partial charge in [-0.1, -0.05) is 0 Å². The average molecular weight is 316 g/mol. The SMILES string of the molecule is COc1cc(OC)c(/C=N\Nc2nc(C)cc(C)n2)c(OC)c1. The summed E-state index contributed by atoms with van der Waals surface area (Å²) in [5, 5.41) is 4.17. The molecule has 0 aliphatic heterocycles. The zero-order chi connectivity index (χ0) is 16.8. The fourth-order valence-electron chi connectivity index (χ4n) is 2.09. The number of anilines is 1. The van der Waals surface area contributed by atoms with Crippen LogP contribution in [-0.4, -0.2) is 37.5 Å². The minimum atomic E-state index is 0.435. The molecule has 0 amide bonds. The van der Waals surface area contributed by atoms with E-state index in [2.05, 4.69) is 20.5 Å². The molecule has 0 spiro atoms. The van der Waals surface area contributed by atoms with Crippen LogP contribution in [0, 0.1) is 13.8 Å². The molecule has 0 atom stereocenters. The summed E-state index contributed by atoms with van der Waals surface area (Å²) < 4.78 is 15.9. The zero-order valence-electron chi connectivity index (χ0n) is 13.9. The molecule has 0 saturated carbocycles. The van der Waals surface area contributed by atoms with Crippen LogP contribution in [0.15, 0.2) is 23.3 Å². The molecule has 7 nitrogen and oxygen atoms in total. The van der Waals surface area contributed by atoms with Crippen LogP contribution in [0.3, 0.4) is 0 Å². The third kappa shape index (κ3) is 4.09. The third-order valence-corrected chi connectivity index (χ3v) is 3.09. The number of hydrogen-bond donors (Lipinski definition) is 1. The van der Waals surface area contributed by atoms with Gasteiger partial charge < -0.3 is 14.2 Å². The highest BCUT2D eigenvalue weighted by Crippen LogP contribution is 2.32. The summed E-state index contributed by atoms with van der Waals surface area (Å²) in [7, 11) is 4.74. The highest BCUT2D eigenvalue weighted by Gasteiger charge is 2.11. The maximum Gasteiger partial charge on any atom is 0.243 e. The van der Waals surface area contributed by atoms with Gasteiger partial charge in [0.1, 0.15) is 17.2 Å². The maximum atomic E-state index is 5.36. The monoisotopic (exact) mass is 316 g/mol. The summed E-state index contributed by atoms with van der Waals surface area (Å²) in [5.74, 6) is 2.26. The van der Waals surface area contributed by atoms with E-state index in [-0.39, 0.29) is 0 Å². The van der Waals surface area contributed by atoms with Gasteiger partial charge in [0.25, 0.3) is 0 Å². The van der Waals surface area contributed by atoms with E-state index in [1.54, 1.807) is 39.7 Å². The number of aromatic nitrogens is 2. The minimum Gasteiger partial charge on any atom is -0.496 e. The second-order valence-electron chi connectivity index (χ2n) is 4.79. The number of aryl methyl sites for hydroxylation is 2. The Bertz CT molecular complexity index is 671. The summed E-state index contributed by atoms with van der Waals surface area (Å²) in [6.07, 6.45) is 1.60. The molecule has 1 heterocycles. The summed E-state index contributed by atoms with van der Waals surface area (Å²) in [5.41, 5.74) is 5.24. The van der Waals surface area contributed by atoms with Crippen LogP contribution in [0.5, 0.6) is 17.2 Å². The lowest BCUT2D eigenvalue weighted by molar-refractivity contribution is 0.374. The predicted molar refractivity (Wildman–Crippen MR) is 88.8 cm³/mol. The molecular weight excluding hydrogens is 296 g/mol. The van der Waals surface area contributed by atoms with Gasteiger partial charge in [0.2, 0.25) is 5.95 Å². The first-order valence-electron chi connectivity index (χ1n) is 6.98. The van der Waals surface area contributed by atoms with Crippen molar-refractivity contribution in [2.24, 2.45) is 5.10 Å². The van der Waals surface area contributed by atoms with Gasteiger partial charge in [0.15, 0.2) is 0 Å². The van der Waals surface area contributed by atoms with Crippen molar-refractivity contribution in [3.8, 4) is 17.2 Å². The molecule has 0 saturated heterocycles. The van der Waals surface area contributed by atoms with Gasteiger partial charge >= 0.3 is 0 Å². The number of hydrazone groups is 1. The van der Waals surface area contributed by atoms with Crippen LogP contribution in [0.25, 0.3) is 0 Å². The van der Waals surface area contributed by atoms with Crippen molar-refractivity contribution in [3.05, 3.63) is 35.2 Å². The molecule has 0 bridgehead atoms. The van der Waals surface area contributed by atoms with Crippen LogP contribution >= 0.6 is 0 Å². The van der Waals surface area contributed by atoms with Gasteiger partial charge in [-0.2, -0.15) is 5.10 Å². The number of nitrogens with one attached hydrogen (secondary N) is 1. The minimum absolute atomic E-state index is 0.435. The van der Waals surface area contributed by atoms with Gasteiger partial charge in [0.05, 0.1) is 33.1 Å². The van der Waals surface area contributed by atoms with Crippen LogP contribution in [0.1, 0.15) is 17.0 Å². The van der Waals surface area contributed by atoms with E-state index in [4.69, 9.17) is 14.2 Å². The number of ether oxygens (including phenoxy) is 3. The molecule has 23 heavy (non-hydrogen) atoms. The molecule has 1 aromatic carbocycles. The number of nitrogens with zero attached hydrogens (tertiary/aromatic N) is 3. The van der Waals surface area contributed by atoms with Crippen molar-refractivity contribution < 1.29 is 14.2 Å². The highest BCUT2D eigenvalue weighted by atomic mass is 16.5. The van der Waals surface area contributed by atoms with E-state index in [9.17, 15) is 0 Å². The molecule has 1 N–H and O–H groups in total. The molecule has 2 aromatic rings. The van der Waals surface area contributed by atoms with Crippen molar-refractivity contribution in [3.63, 3.8) is 0 Å². The molecule has 0 aliphatic rings. The number of hydrogen-bond acceptors (Lipinski definition) is 7. The second-order valence-corrected chi connectivity index (χ2v) is 4.79. The van der Waals surface area contributed by atoms with Crippen LogP contribution in [0.2, 0.25) is 0 Å². The third-order valence-electron chi connectivity index (χ3n) is 3.09. The summed E-state index contributed by atoms with van der Waals surface area (Å²) in [6.45, 7) is 3.80. The molecule has 7 heteroatoms. The van der Waals surface area contributed by atoms with Crippen molar-refractivity contribution in [2.75, 3.05) is 26.8 Å². The number of rotatable bonds is 6. The van der Waals surface area contributed by atoms with Crippen LogP contribution in [0.4, 0.5) is 5.95 Å². The number of methoxy groups -OCH3 is 3. The van der Waals surface area contributed by atoms with Gasteiger partial charge in [-0.05, 0) is 19.9 Å². The lowest BCUT2D eigenvalue weighted by atomic mass is 10.2. The Morgan fingerprint density at radius 3 is 1.96 bits per heavy atom. The molecular formula is C16H20N4O3. The Hall–Kier alpha value is -2.83. The highest BCUT2D eigenvalue weighted by molar-refractivity contribution is 5.88. The van der Waals surface area contributed by atoms with Crippen LogP contribution < -0.4 is 19.6 Å². The van der Waals surface area contributed by atoms with E-state index in [0.29, 0.717) is 28.8 Å². The fraction of sp³-hybridized carbons (Fsp3) is 0.312. The van der Waals surface area contributed by atoms with E-state index in [1.165, 1.54) is 0 Å². The molecule has 0 aliphatic carbocycles. The van der Waals surface area contributed by atoms with Crippen LogP contribution in [-0.2, 0) is 0 Å². The molecule has 0 unspecified atom stereocenters. The molecule has 2 rings (SSSR count). The van der Waals surface area contributed by atoms with E-state index in [1.807, 2.05) is 19.9 Å². The van der Waals surface area contributed by atoms with E-state index in [0.717, 1.165) is 11.4 Å². The summed E-state index contributed by atoms with van der Waals surface area (Å²) in [4.78, 5) is 8.52. The van der Waals surface area contributed by atoms with Crippen molar-refractivity contribution in [2.45, 2.75) is 13.8 Å². The Balaban J connectivity index is 2.27. The first-order valence-corrected chi connectivity index (χ1v) is 6.98. The Morgan fingerprint density at radius 1 is 0.913 bits per heavy atom. The zero-order valence-corrected chi connectivity index (χ0v) is 13.9. The Kier molecular flexibility index (Phi) is 5.35. The maximum absolute atomic E-state index is 5.36. The van der Waals surface area contributed by atoms with Gasteiger partial charge in [-0.25, -0.2) is 15.4 Å². The first-order chi connectivity index (χ1) is 11.1. The molecule has 1 aromatic heterocycles. The smallest absolute Gasteiger partial charge is 0.243 e. The summed E-state index contributed by atoms with van der Waals surface area (Å²) in [6, 6.07) is 5.42. The van der Waals surface area contributed by atoms with Crippen molar-refractivity contribution in [1.82, 2.24) is 9.97 Å². The molecule has 0 radical (unpaired) electrons. The average Bonchev–Trinajstić information content (AvgIpc) is 2.53. The van der Waals surface area contributed by atoms with Crippen molar-refractivity contribution >= 4 is 12.2 Å². The Morgan fingerprint density at radius 2 is 1.48 bits per heavy atom. The standard InChI is InChI=1S/C16H20N4O3/c1-10-6-11(2)19-16(18-10)20-17-9-13-14(22-4)7-12(21-3)8-15(13)23-5/h6-9H,1-5H3,(H,18,19,20)/b17-9-. The largest absolute Gasteiger partial charge is 0.496 e. The first kappa shape index (κ1) is 16.5. The van der Waals surface area contributed by atoms with Gasteiger partial charge in [-0.15, -0.1) is 0 Å². The van der Waals surface area contributed by atoms with Crippen molar-refractivity contribution in [1.29, 1.82) is 0 Å². The molecule has 0 fully saturated rings. The second kappa shape index (κ2) is 7.44. The Labute approximate surface area is 135 Å². The fourth-order valence-corrected chi connectivity index (χ4v) is 2.09. The lowest BCUT2D eigenvalue weighted by Gasteiger charge is -2.12. The summed E-state index contributed by atoms with van der Waals surface area (Å²) >= 11 is 0. The quantitative estimate of drug-likeness (QED) is 0.652. The van der Waals surface area contributed by atoms with E-state index < -0.39 is 0 Å². The lowest BCUT2D eigenvalue weighted by Crippen LogP contribution is -2.01. The van der Waals surface area contributed by atoms with E-state index >= 15 is 0 Å². The topological polar surface area (TPSA) is 77.9 Å². The van der Waals surface area contributed by atoms with Gasteiger partial charge in [-0.3, -0.25) is 0 Å². The normalized spacial score (nSPS) is 10.7. The predicted octanol–water partition coefficient (Wildman–Crippen LogP) is 2.57. The molecule has 122 valence electrons. The van der Waals surface area contributed by atoms with Gasteiger partial charge in [0, 0.05) is 23.5 Å². The number of benzene rings is 1.